The molecule has 2 nitrogen and oxygen atoms in total. The normalized spacial score (nSPS) is 15.2. The quantitative estimate of drug-likeness (QED) is 0.710. The van der Waals surface area contributed by atoms with E-state index in [9.17, 15) is 4.79 Å². The van der Waals surface area contributed by atoms with Crippen LogP contribution < -0.4 is 0 Å². The van der Waals surface area contributed by atoms with Crippen molar-refractivity contribution < 1.29 is 9.53 Å². The predicted octanol–water partition coefficient (Wildman–Crippen LogP) is 3.18. The number of aryl methyl sites for hydroxylation is 2. The summed E-state index contributed by atoms with van der Waals surface area (Å²) in [6.45, 7) is 4.74. The highest BCUT2D eigenvalue weighted by molar-refractivity contribution is 6.08. The zero-order chi connectivity index (χ0) is 11.5. The molecule has 0 radical (unpaired) electrons. The van der Waals surface area contributed by atoms with Gasteiger partial charge in [-0.25, -0.2) is 0 Å². The van der Waals surface area contributed by atoms with Gasteiger partial charge in [-0.1, -0.05) is 17.2 Å². The fourth-order valence-electron chi connectivity index (χ4n) is 2.02. The van der Waals surface area contributed by atoms with E-state index in [4.69, 9.17) is 4.74 Å². The molecule has 0 bridgehead atoms. The van der Waals surface area contributed by atoms with Gasteiger partial charge >= 0.3 is 0 Å². The molecule has 1 heterocycles. The second kappa shape index (κ2) is 4.52. The van der Waals surface area contributed by atoms with Crippen molar-refractivity contribution in [3.05, 3.63) is 46.7 Å². The summed E-state index contributed by atoms with van der Waals surface area (Å²) in [4.78, 5) is 12.2. The van der Waals surface area contributed by atoms with Gasteiger partial charge in [0.25, 0.3) is 0 Å². The average Bonchev–Trinajstić information content (AvgIpc) is 2.28. The lowest BCUT2D eigenvalue weighted by Crippen LogP contribution is -2.09. The fourth-order valence-corrected chi connectivity index (χ4v) is 2.02. The summed E-state index contributed by atoms with van der Waals surface area (Å²) in [5.41, 5.74) is 3.81. The van der Waals surface area contributed by atoms with Gasteiger partial charge in [0.15, 0.2) is 5.78 Å². The van der Waals surface area contributed by atoms with E-state index in [2.05, 4.69) is 6.07 Å². The SMILES string of the molecule is Cc1cc(C)cc(C(=O)C2=COCCC2)c1. The summed E-state index contributed by atoms with van der Waals surface area (Å²) in [7, 11) is 0. The second-order valence-electron chi connectivity index (χ2n) is 4.32. The molecule has 0 N–H and O–H groups in total. The van der Waals surface area contributed by atoms with E-state index >= 15 is 0 Å². The fraction of sp³-hybridized carbons (Fsp3) is 0.357. The molecule has 0 aliphatic carbocycles. The molecule has 16 heavy (non-hydrogen) atoms. The Hall–Kier alpha value is -1.57. The zero-order valence-electron chi connectivity index (χ0n) is 9.75. The number of hydrogen-bond donors (Lipinski definition) is 0. The Morgan fingerprint density at radius 2 is 1.88 bits per heavy atom. The Balaban J connectivity index is 2.29. The van der Waals surface area contributed by atoms with Crippen LogP contribution in [0.15, 0.2) is 30.0 Å². The van der Waals surface area contributed by atoms with Gasteiger partial charge in [-0.05, 0) is 38.8 Å². The molecule has 0 spiro atoms. The highest BCUT2D eigenvalue weighted by atomic mass is 16.5. The zero-order valence-corrected chi connectivity index (χ0v) is 9.75. The third-order valence-corrected chi connectivity index (χ3v) is 2.71. The third-order valence-electron chi connectivity index (χ3n) is 2.71. The predicted molar refractivity (Wildman–Crippen MR) is 63.5 cm³/mol. The van der Waals surface area contributed by atoms with E-state index in [1.165, 1.54) is 0 Å². The van der Waals surface area contributed by atoms with Gasteiger partial charge in [0, 0.05) is 11.1 Å². The smallest absolute Gasteiger partial charge is 0.192 e. The molecule has 0 saturated heterocycles. The lowest BCUT2D eigenvalue weighted by atomic mass is 9.97. The minimum atomic E-state index is 0.103. The van der Waals surface area contributed by atoms with Gasteiger partial charge in [-0.15, -0.1) is 0 Å². The summed E-state index contributed by atoms with van der Waals surface area (Å²) in [6, 6.07) is 5.94. The van der Waals surface area contributed by atoms with Crippen LogP contribution in [0.3, 0.4) is 0 Å². The molecule has 2 rings (SSSR count). The topological polar surface area (TPSA) is 26.3 Å². The van der Waals surface area contributed by atoms with E-state index < -0.39 is 0 Å². The minimum Gasteiger partial charge on any atom is -0.501 e. The first-order valence-corrected chi connectivity index (χ1v) is 5.60. The molecule has 84 valence electrons. The van der Waals surface area contributed by atoms with Crippen molar-refractivity contribution in [1.82, 2.24) is 0 Å². The summed E-state index contributed by atoms with van der Waals surface area (Å²) in [5.74, 6) is 0.103. The molecule has 0 fully saturated rings. The molecule has 0 saturated carbocycles. The van der Waals surface area contributed by atoms with Gasteiger partial charge in [0.2, 0.25) is 0 Å². The van der Waals surface area contributed by atoms with Crippen LogP contribution in [0.5, 0.6) is 0 Å². The van der Waals surface area contributed by atoms with Crippen LogP contribution >= 0.6 is 0 Å². The lowest BCUT2D eigenvalue weighted by molar-refractivity contribution is 0.101. The molecule has 1 aliphatic heterocycles. The Labute approximate surface area is 95.9 Å². The third kappa shape index (κ3) is 2.32. The average molecular weight is 216 g/mol. The molecule has 2 heteroatoms. The second-order valence-corrected chi connectivity index (χ2v) is 4.32. The molecular formula is C14H16O2. The van der Waals surface area contributed by atoms with E-state index in [0.29, 0.717) is 0 Å². The lowest BCUT2D eigenvalue weighted by Gasteiger charge is -2.13. The summed E-state index contributed by atoms with van der Waals surface area (Å²) in [6.07, 6.45) is 3.37. The molecule has 1 aliphatic rings. The van der Waals surface area contributed by atoms with Gasteiger partial charge in [-0.3, -0.25) is 4.79 Å². The van der Waals surface area contributed by atoms with Crippen molar-refractivity contribution >= 4 is 5.78 Å². The molecule has 0 atom stereocenters. The largest absolute Gasteiger partial charge is 0.501 e. The summed E-state index contributed by atoms with van der Waals surface area (Å²) < 4.78 is 5.20. The highest BCUT2D eigenvalue weighted by Gasteiger charge is 2.15. The Kier molecular flexibility index (Phi) is 3.09. The van der Waals surface area contributed by atoms with Crippen LogP contribution in [0.4, 0.5) is 0 Å². The van der Waals surface area contributed by atoms with Crippen molar-refractivity contribution in [2.24, 2.45) is 0 Å². The number of allylic oxidation sites excluding steroid dienone is 1. The number of benzene rings is 1. The Morgan fingerprint density at radius 1 is 1.19 bits per heavy atom. The number of ketones is 1. The maximum atomic E-state index is 12.2. The molecule has 0 aromatic heterocycles. The maximum Gasteiger partial charge on any atom is 0.192 e. The minimum absolute atomic E-state index is 0.103. The molecular weight excluding hydrogens is 200 g/mol. The van der Waals surface area contributed by atoms with Crippen LogP contribution in [0, 0.1) is 13.8 Å². The van der Waals surface area contributed by atoms with Crippen molar-refractivity contribution in [3.63, 3.8) is 0 Å². The number of rotatable bonds is 2. The Bertz CT molecular complexity index is 424. The van der Waals surface area contributed by atoms with E-state index in [-0.39, 0.29) is 5.78 Å². The van der Waals surface area contributed by atoms with E-state index in [1.807, 2.05) is 26.0 Å². The van der Waals surface area contributed by atoms with E-state index in [1.54, 1.807) is 6.26 Å². The van der Waals surface area contributed by atoms with Crippen LogP contribution in [0.25, 0.3) is 0 Å². The van der Waals surface area contributed by atoms with Gasteiger partial charge < -0.3 is 4.74 Å². The number of carbonyl (C=O) groups is 1. The van der Waals surface area contributed by atoms with Crippen molar-refractivity contribution in [2.75, 3.05) is 6.61 Å². The van der Waals surface area contributed by atoms with Crippen molar-refractivity contribution in [3.8, 4) is 0 Å². The first-order valence-electron chi connectivity index (χ1n) is 5.60. The molecule has 1 aromatic rings. The molecule has 0 unspecified atom stereocenters. The first kappa shape index (κ1) is 10.9. The first-order chi connectivity index (χ1) is 7.66. The number of hydrogen-bond acceptors (Lipinski definition) is 2. The van der Waals surface area contributed by atoms with Gasteiger partial charge in [0.1, 0.15) is 0 Å². The highest BCUT2D eigenvalue weighted by Crippen LogP contribution is 2.19. The van der Waals surface area contributed by atoms with Crippen LogP contribution in [-0.4, -0.2) is 12.4 Å². The maximum absolute atomic E-state index is 12.2. The summed E-state index contributed by atoms with van der Waals surface area (Å²) >= 11 is 0. The Morgan fingerprint density at radius 3 is 2.44 bits per heavy atom. The number of Topliss-reactive ketones (excluding diaryl/α,β-unsaturated/α-hetero) is 1. The standard InChI is InChI=1S/C14H16O2/c1-10-6-11(2)8-13(7-10)14(15)12-4-3-5-16-9-12/h6-9H,3-5H2,1-2H3. The van der Waals surface area contributed by atoms with Crippen molar-refractivity contribution in [1.29, 1.82) is 0 Å². The summed E-state index contributed by atoms with van der Waals surface area (Å²) in [5, 5.41) is 0. The number of carbonyl (C=O) groups excluding carboxylic acids is 1. The monoisotopic (exact) mass is 216 g/mol. The van der Waals surface area contributed by atoms with E-state index in [0.717, 1.165) is 41.7 Å². The van der Waals surface area contributed by atoms with Crippen molar-refractivity contribution in [2.45, 2.75) is 26.7 Å². The van der Waals surface area contributed by atoms with Crippen LogP contribution in [0.1, 0.15) is 34.3 Å². The van der Waals surface area contributed by atoms with Gasteiger partial charge in [-0.2, -0.15) is 0 Å². The number of ether oxygens (including phenoxy) is 1. The van der Waals surface area contributed by atoms with Gasteiger partial charge in [0.05, 0.1) is 12.9 Å². The molecule has 1 aromatic carbocycles. The van der Waals surface area contributed by atoms with Crippen LogP contribution in [-0.2, 0) is 4.74 Å². The van der Waals surface area contributed by atoms with Crippen LogP contribution in [0.2, 0.25) is 0 Å². The molecule has 0 amide bonds.